The molecule has 1 aliphatic rings. The summed E-state index contributed by atoms with van der Waals surface area (Å²) in [6.45, 7) is 6.01. The standard InChI is InChI=1S/C15H22N4O/c1-12(2)19-10-8-15(9-11-19,14(20)18-16)17-13-6-4-3-5-7-13/h3-7,12,16-17H,8-11H2,1-2H3. The monoisotopic (exact) mass is 274 g/mol. The summed E-state index contributed by atoms with van der Waals surface area (Å²) < 4.78 is 0. The van der Waals surface area contributed by atoms with E-state index in [2.05, 4.69) is 29.2 Å². The lowest BCUT2D eigenvalue weighted by molar-refractivity contribution is -0.124. The summed E-state index contributed by atoms with van der Waals surface area (Å²) in [5, 5.41) is 6.50. The number of nitrogens with one attached hydrogen (secondary N) is 2. The Morgan fingerprint density at radius 1 is 1.30 bits per heavy atom. The van der Waals surface area contributed by atoms with E-state index < -0.39 is 5.54 Å². The zero-order valence-electron chi connectivity index (χ0n) is 12.1. The van der Waals surface area contributed by atoms with Gasteiger partial charge in [-0.05, 0) is 38.8 Å². The quantitative estimate of drug-likeness (QED) is 0.829. The second kappa shape index (κ2) is 6.13. The van der Waals surface area contributed by atoms with Gasteiger partial charge in [0.1, 0.15) is 5.54 Å². The lowest BCUT2D eigenvalue weighted by atomic mass is 9.85. The summed E-state index contributed by atoms with van der Waals surface area (Å²) in [6, 6.07) is 10.2. The van der Waals surface area contributed by atoms with Crippen LogP contribution >= 0.6 is 0 Å². The molecule has 0 aromatic heterocycles. The number of para-hydroxylation sites is 1. The average Bonchev–Trinajstić information content (AvgIpc) is 2.48. The van der Waals surface area contributed by atoms with Crippen LogP contribution in [0, 0.1) is 5.53 Å². The lowest BCUT2D eigenvalue weighted by Crippen LogP contribution is -2.55. The molecule has 1 aromatic rings. The van der Waals surface area contributed by atoms with Gasteiger partial charge in [0.25, 0.3) is 5.91 Å². The van der Waals surface area contributed by atoms with Gasteiger partial charge in [-0.25, -0.2) is 5.53 Å². The van der Waals surface area contributed by atoms with Gasteiger partial charge in [-0.15, -0.1) is 5.11 Å². The van der Waals surface area contributed by atoms with Crippen molar-refractivity contribution < 1.29 is 4.79 Å². The maximum absolute atomic E-state index is 12.1. The van der Waals surface area contributed by atoms with Crippen molar-refractivity contribution in [3.8, 4) is 0 Å². The number of amides is 1. The number of nitrogens with zero attached hydrogens (tertiary/aromatic N) is 2. The molecule has 1 fully saturated rings. The highest BCUT2D eigenvalue weighted by Gasteiger charge is 2.41. The minimum atomic E-state index is -0.728. The van der Waals surface area contributed by atoms with Crippen molar-refractivity contribution >= 4 is 11.6 Å². The summed E-state index contributed by atoms with van der Waals surface area (Å²) in [7, 11) is 0. The molecule has 108 valence electrons. The van der Waals surface area contributed by atoms with Gasteiger partial charge in [0, 0.05) is 24.8 Å². The summed E-state index contributed by atoms with van der Waals surface area (Å²) >= 11 is 0. The van der Waals surface area contributed by atoms with Gasteiger partial charge in [0.15, 0.2) is 0 Å². The molecule has 1 saturated heterocycles. The molecule has 0 spiro atoms. The van der Waals surface area contributed by atoms with Crippen molar-refractivity contribution in [2.24, 2.45) is 5.11 Å². The average molecular weight is 274 g/mol. The van der Waals surface area contributed by atoms with Crippen LogP contribution < -0.4 is 5.32 Å². The Hall–Kier alpha value is -1.75. The van der Waals surface area contributed by atoms with Crippen LogP contribution in [0.4, 0.5) is 5.69 Å². The molecule has 5 nitrogen and oxygen atoms in total. The minimum Gasteiger partial charge on any atom is -0.371 e. The fraction of sp³-hybridized carbons (Fsp3) is 0.533. The highest BCUT2D eigenvalue weighted by molar-refractivity contribution is 5.89. The van der Waals surface area contributed by atoms with Crippen LogP contribution in [-0.2, 0) is 4.79 Å². The van der Waals surface area contributed by atoms with Gasteiger partial charge in [0.2, 0.25) is 0 Å². The normalized spacial score (nSPS) is 18.8. The Morgan fingerprint density at radius 3 is 2.40 bits per heavy atom. The molecule has 1 heterocycles. The molecule has 0 bridgehead atoms. The van der Waals surface area contributed by atoms with Crippen molar-refractivity contribution in [2.75, 3.05) is 18.4 Å². The maximum Gasteiger partial charge on any atom is 0.289 e. The van der Waals surface area contributed by atoms with Gasteiger partial charge in [-0.1, -0.05) is 18.2 Å². The predicted octanol–water partition coefficient (Wildman–Crippen LogP) is 2.90. The Morgan fingerprint density at radius 2 is 1.90 bits per heavy atom. The fourth-order valence-corrected chi connectivity index (χ4v) is 2.72. The van der Waals surface area contributed by atoms with E-state index in [1.165, 1.54) is 0 Å². The topological polar surface area (TPSA) is 68.6 Å². The van der Waals surface area contributed by atoms with Gasteiger partial charge >= 0.3 is 0 Å². The number of likely N-dealkylation sites (tertiary alicyclic amines) is 1. The molecular formula is C15H22N4O. The summed E-state index contributed by atoms with van der Waals surface area (Å²) in [5.41, 5.74) is 7.27. The van der Waals surface area contributed by atoms with E-state index in [1.54, 1.807) is 0 Å². The molecule has 0 radical (unpaired) electrons. The Kier molecular flexibility index (Phi) is 4.49. The van der Waals surface area contributed by atoms with E-state index >= 15 is 0 Å². The number of carbonyl (C=O) groups is 1. The summed E-state index contributed by atoms with van der Waals surface area (Å²) in [5.74, 6) is -0.371. The van der Waals surface area contributed by atoms with Crippen LogP contribution in [0.2, 0.25) is 0 Å². The van der Waals surface area contributed by atoms with Gasteiger partial charge in [-0.2, -0.15) is 0 Å². The highest BCUT2D eigenvalue weighted by Crippen LogP contribution is 2.29. The third kappa shape index (κ3) is 3.04. The number of anilines is 1. The first-order valence-electron chi connectivity index (χ1n) is 7.06. The first-order chi connectivity index (χ1) is 9.57. The van der Waals surface area contributed by atoms with Crippen LogP contribution in [0.25, 0.3) is 0 Å². The van der Waals surface area contributed by atoms with Crippen molar-refractivity contribution in [3.63, 3.8) is 0 Å². The third-order valence-corrected chi connectivity index (χ3v) is 4.05. The largest absolute Gasteiger partial charge is 0.371 e. The molecule has 1 aromatic carbocycles. The first kappa shape index (κ1) is 14.7. The van der Waals surface area contributed by atoms with E-state index in [9.17, 15) is 4.79 Å². The van der Waals surface area contributed by atoms with Gasteiger partial charge in [-0.3, -0.25) is 4.79 Å². The Labute approximate surface area is 119 Å². The van der Waals surface area contributed by atoms with Crippen LogP contribution in [0.1, 0.15) is 26.7 Å². The van der Waals surface area contributed by atoms with E-state index in [-0.39, 0.29) is 5.91 Å². The number of hydrogen-bond acceptors (Lipinski definition) is 4. The summed E-state index contributed by atoms with van der Waals surface area (Å²) in [4.78, 5) is 14.5. The van der Waals surface area contributed by atoms with Crippen molar-refractivity contribution in [1.29, 1.82) is 5.53 Å². The molecular weight excluding hydrogens is 252 g/mol. The van der Waals surface area contributed by atoms with Gasteiger partial charge < -0.3 is 10.2 Å². The molecule has 0 unspecified atom stereocenters. The van der Waals surface area contributed by atoms with Crippen molar-refractivity contribution in [1.82, 2.24) is 4.90 Å². The number of rotatable bonds is 4. The number of piperidine rings is 1. The molecule has 0 aliphatic carbocycles. The number of benzene rings is 1. The van der Waals surface area contributed by atoms with E-state index in [0.29, 0.717) is 18.9 Å². The minimum absolute atomic E-state index is 0.371. The van der Waals surface area contributed by atoms with Crippen LogP contribution in [0.3, 0.4) is 0 Å². The molecule has 0 atom stereocenters. The molecule has 2 rings (SSSR count). The fourth-order valence-electron chi connectivity index (χ4n) is 2.72. The summed E-state index contributed by atoms with van der Waals surface area (Å²) in [6.07, 6.45) is 1.36. The smallest absolute Gasteiger partial charge is 0.289 e. The second-order valence-corrected chi connectivity index (χ2v) is 5.62. The maximum atomic E-state index is 12.1. The number of carbonyl (C=O) groups excluding carboxylic acids is 1. The molecule has 5 heteroatoms. The highest BCUT2D eigenvalue weighted by atomic mass is 16.2. The van der Waals surface area contributed by atoms with Crippen molar-refractivity contribution in [2.45, 2.75) is 38.3 Å². The SMILES string of the molecule is CC(C)N1CCC(Nc2ccccc2)(C(=O)N=N)CC1. The molecule has 20 heavy (non-hydrogen) atoms. The van der Waals surface area contributed by atoms with Gasteiger partial charge in [0.05, 0.1) is 0 Å². The first-order valence-corrected chi connectivity index (χ1v) is 7.06. The zero-order valence-corrected chi connectivity index (χ0v) is 12.1. The predicted molar refractivity (Wildman–Crippen MR) is 78.9 cm³/mol. The van der Waals surface area contributed by atoms with Crippen molar-refractivity contribution in [3.05, 3.63) is 30.3 Å². The third-order valence-electron chi connectivity index (χ3n) is 4.05. The van der Waals surface area contributed by atoms with Crippen LogP contribution in [-0.4, -0.2) is 35.5 Å². The van der Waals surface area contributed by atoms with E-state index in [1.807, 2.05) is 30.3 Å². The Bertz CT molecular complexity index is 464. The zero-order chi connectivity index (χ0) is 14.6. The van der Waals surface area contributed by atoms with Crippen LogP contribution in [0.15, 0.2) is 35.4 Å². The Balaban J connectivity index is 2.16. The van der Waals surface area contributed by atoms with E-state index in [4.69, 9.17) is 5.53 Å². The molecule has 0 saturated carbocycles. The van der Waals surface area contributed by atoms with Crippen LogP contribution in [0.5, 0.6) is 0 Å². The second-order valence-electron chi connectivity index (χ2n) is 5.62. The lowest BCUT2D eigenvalue weighted by Gasteiger charge is -2.41. The number of hydrogen-bond donors (Lipinski definition) is 2. The molecule has 1 aliphatic heterocycles. The molecule has 2 N–H and O–H groups in total. The van der Waals surface area contributed by atoms with E-state index in [0.717, 1.165) is 18.8 Å². The molecule has 1 amide bonds.